The Hall–Kier alpha value is -2.48. The van der Waals surface area contributed by atoms with Crippen molar-refractivity contribution in [2.45, 2.75) is 31.7 Å². The van der Waals surface area contributed by atoms with Crippen LogP contribution in [0.25, 0.3) is 11.0 Å². The van der Waals surface area contributed by atoms with Crippen LogP contribution >= 0.6 is 0 Å². The highest BCUT2D eigenvalue weighted by atomic mass is 32.2. The zero-order chi connectivity index (χ0) is 19.6. The van der Waals surface area contributed by atoms with Gasteiger partial charge in [0.25, 0.3) is 0 Å². The van der Waals surface area contributed by atoms with E-state index < -0.39 is 21.0 Å². The average Bonchev–Trinajstić information content (AvgIpc) is 2.66. The molecule has 8 heteroatoms. The largest absolute Gasteiger partial charge is 0.463 e. The molecule has 1 fully saturated rings. The standard InChI is InChI=1S/C19H21NO6S/c1-20(13-8-10-27(24,25)11-9-13)18(22)7-6-16(21)15-12-26-17-5-3-2-4-14(17)19(15)23/h2-5,12-13H,6-11H2,1H3. The number of Topliss-reactive ketones (excluding diaryl/α,β-unsaturated/α-hetero) is 1. The van der Waals surface area contributed by atoms with Crippen molar-refractivity contribution in [1.29, 1.82) is 0 Å². The molecule has 3 rings (SSSR count). The lowest BCUT2D eigenvalue weighted by molar-refractivity contribution is -0.132. The molecule has 7 nitrogen and oxygen atoms in total. The third kappa shape index (κ3) is 4.27. The van der Waals surface area contributed by atoms with Crippen LogP contribution in [0.3, 0.4) is 0 Å². The number of fused-ring (bicyclic) bond motifs is 1. The van der Waals surface area contributed by atoms with Crippen LogP contribution in [0.1, 0.15) is 36.0 Å². The number of carbonyl (C=O) groups is 2. The first-order valence-corrected chi connectivity index (χ1v) is 10.6. The first-order chi connectivity index (χ1) is 12.8. The van der Waals surface area contributed by atoms with Crippen molar-refractivity contribution in [3.05, 3.63) is 46.3 Å². The molecule has 2 aromatic rings. The van der Waals surface area contributed by atoms with Crippen LogP contribution < -0.4 is 5.43 Å². The number of benzene rings is 1. The second kappa shape index (κ2) is 7.64. The molecule has 1 saturated heterocycles. The molecule has 0 bridgehead atoms. The highest BCUT2D eigenvalue weighted by molar-refractivity contribution is 7.91. The molecule has 2 heterocycles. The average molecular weight is 391 g/mol. The van der Waals surface area contributed by atoms with Gasteiger partial charge in [0.2, 0.25) is 11.3 Å². The Morgan fingerprint density at radius 3 is 2.52 bits per heavy atom. The van der Waals surface area contributed by atoms with Gasteiger partial charge in [0, 0.05) is 25.9 Å². The summed E-state index contributed by atoms with van der Waals surface area (Å²) in [5.41, 5.74) is -0.0600. The Morgan fingerprint density at radius 2 is 1.81 bits per heavy atom. The number of amides is 1. The van der Waals surface area contributed by atoms with E-state index in [1.54, 1.807) is 31.3 Å². The van der Waals surface area contributed by atoms with Crippen molar-refractivity contribution in [3.8, 4) is 0 Å². The molecule has 1 aliphatic heterocycles. The number of rotatable bonds is 5. The zero-order valence-corrected chi connectivity index (χ0v) is 15.8. The van der Waals surface area contributed by atoms with Crippen LogP contribution in [0.15, 0.2) is 39.7 Å². The summed E-state index contributed by atoms with van der Waals surface area (Å²) in [6.45, 7) is 0. The maximum atomic E-state index is 12.4. The molecule has 0 spiro atoms. The third-order valence-corrected chi connectivity index (χ3v) is 6.73. The Morgan fingerprint density at radius 1 is 1.15 bits per heavy atom. The van der Waals surface area contributed by atoms with Crippen molar-refractivity contribution in [1.82, 2.24) is 4.90 Å². The van der Waals surface area contributed by atoms with Gasteiger partial charge in [-0.25, -0.2) is 8.42 Å². The van der Waals surface area contributed by atoms with Gasteiger partial charge in [-0.1, -0.05) is 12.1 Å². The molecule has 0 radical (unpaired) electrons. The van der Waals surface area contributed by atoms with E-state index in [1.165, 1.54) is 4.90 Å². The molecule has 0 unspecified atom stereocenters. The monoisotopic (exact) mass is 391 g/mol. The molecule has 1 aromatic carbocycles. The minimum Gasteiger partial charge on any atom is -0.463 e. The van der Waals surface area contributed by atoms with E-state index in [2.05, 4.69) is 0 Å². The first-order valence-electron chi connectivity index (χ1n) is 8.78. The number of para-hydroxylation sites is 1. The van der Waals surface area contributed by atoms with Crippen LogP contribution in [0.5, 0.6) is 0 Å². The van der Waals surface area contributed by atoms with Crippen LogP contribution in [-0.4, -0.2) is 49.6 Å². The maximum absolute atomic E-state index is 12.4. The van der Waals surface area contributed by atoms with Crippen LogP contribution in [0.4, 0.5) is 0 Å². The fourth-order valence-electron chi connectivity index (χ4n) is 3.27. The Kier molecular flexibility index (Phi) is 5.46. The minimum atomic E-state index is -3.00. The van der Waals surface area contributed by atoms with Gasteiger partial charge in [-0.15, -0.1) is 0 Å². The smallest absolute Gasteiger partial charge is 0.223 e. The van der Waals surface area contributed by atoms with Crippen LogP contribution in [0.2, 0.25) is 0 Å². The van der Waals surface area contributed by atoms with E-state index in [4.69, 9.17) is 4.42 Å². The Bertz CT molecular complexity index is 1030. The Balaban J connectivity index is 1.63. The molecule has 27 heavy (non-hydrogen) atoms. The van der Waals surface area contributed by atoms with Crippen molar-refractivity contribution < 1.29 is 22.4 Å². The van der Waals surface area contributed by atoms with E-state index in [-0.39, 0.29) is 41.9 Å². The van der Waals surface area contributed by atoms with Gasteiger partial charge in [-0.3, -0.25) is 14.4 Å². The first kappa shape index (κ1) is 19.3. The van der Waals surface area contributed by atoms with E-state index in [0.29, 0.717) is 23.8 Å². The highest BCUT2D eigenvalue weighted by Gasteiger charge is 2.28. The fourth-order valence-corrected chi connectivity index (χ4v) is 4.74. The van der Waals surface area contributed by atoms with Crippen molar-refractivity contribution >= 4 is 32.5 Å². The topological polar surface area (TPSA) is 102 Å². The second-order valence-corrected chi connectivity index (χ2v) is 9.09. The molecule has 144 valence electrons. The summed E-state index contributed by atoms with van der Waals surface area (Å²) < 4.78 is 28.3. The summed E-state index contributed by atoms with van der Waals surface area (Å²) in [6, 6.07) is 6.53. The molecular formula is C19H21NO6S. The number of carbonyl (C=O) groups excluding carboxylic acids is 2. The SMILES string of the molecule is CN(C(=O)CCC(=O)c1coc2ccccc2c1=O)C1CCS(=O)(=O)CC1. The van der Waals surface area contributed by atoms with Gasteiger partial charge in [0.1, 0.15) is 27.2 Å². The molecule has 0 saturated carbocycles. The van der Waals surface area contributed by atoms with Gasteiger partial charge in [-0.05, 0) is 25.0 Å². The van der Waals surface area contributed by atoms with Crippen LogP contribution in [-0.2, 0) is 14.6 Å². The Labute approximate surface area is 156 Å². The van der Waals surface area contributed by atoms with Gasteiger partial charge in [-0.2, -0.15) is 0 Å². The number of nitrogens with zero attached hydrogens (tertiary/aromatic N) is 1. The van der Waals surface area contributed by atoms with Gasteiger partial charge >= 0.3 is 0 Å². The maximum Gasteiger partial charge on any atom is 0.223 e. The van der Waals surface area contributed by atoms with E-state index in [1.807, 2.05) is 0 Å². The normalized spacial score (nSPS) is 16.9. The van der Waals surface area contributed by atoms with Crippen molar-refractivity contribution in [2.24, 2.45) is 0 Å². The summed E-state index contributed by atoms with van der Waals surface area (Å²) in [7, 11) is -1.37. The summed E-state index contributed by atoms with van der Waals surface area (Å²) in [5, 5.41) is 0.329. The molecular weight excluding hydrogens is 370 g/mol. The quantitative estimate of drug-likeness (QED) is 0.720. The molecule has 0 aliphatic carbocycles. The van der Waals surface area contributed by atoms with Gasteiger partial charge in [0.15, 0.2) is 5.78 Å². The zero-order valence-electron chi connectivity index (χ0n) is 15.0. The minimum absolute atomic E-state index is 0.0369. The predicted octanol–water partition coefficient (Wildman–Crippen LogP) is 1.79. The summed E-state index contributed by atoms with van der Waals surface area (Å²) in [6.07, 6.45) is 1.83. The number of hydrogen-bond donors (Lipinski definition) is 0. The van der Waals surface area contributed by atoms with E-state index in [0.717, 1.165) is 6.26 Å². The van der Waals surface area contributed by atoms with Gasteiger partial charge < -0.3 is 9.32 Å². The van der Waals surface area contributed by atoms with Gasteiger partial charge in [0.05, 0.1) is 16.9 Å². The summed E-state index contributed by atoms with van der Waals surface area (Å²) >= 11 is 0. The van der Waals surface area contributed by atoms with E-state index in [9.17, 15) is 22.8 Å². The van der Waals surface area contributed by atoms with Crippen molar-refractivity contribution in [2.75, 3.05) is 18.6 Å². The molecule has 0 N–H and O–H groups in total. The summed E-state index contributed by atoms with van der Waals surface area (Å²) in [4.78, 5) is 38.7. The van der Waals surface area contributed by atoms with E-state index >= 15 is 0 Å². The molecule has 1 aliphatic rings. The number of hydrogen-bond acceptors (Lipinski definition) is 6. The van der Waals surface area contributed by atoms with Crippen molar-refractivity contribution in [3.63, 3.8) is 0 Å². The number of ketones is 1. The lowest BCUT2D eigenvalue weighted by Crippen LogP contribution is -2.42. The number of sulfone groups is 1. The predicted molar refractivity (Wildman–Crippen MR) is 100 cm³/mol. The lowest BCUT2D eigenvalue weighted by atomic mass is 10.0. The second-order valence-electron chi connectivity index (χ2n) is 6.79. The fraction of sp³-hybridized carbons (Fsp3) is 0.421. The van der Waals surface area contributed by atoms with Crippen LogP contribution in [0, 0.1) is 0 Å². The molecule has 1 aromatic heterocycles. The lowest BCUT2D eigenvalue weighted by Gasteiger charge is -2.31. The summed E-state index contributed by atoms with van der Waals surface area (Å²) in [5.74, 6) is -0.529. The molecule has 0 atom stereocenters. The molecule has 1 amide bonds. The highest BCUT2D eigenvalue weighted by Crippen LogP contribution is 2.18. The third-order valence-electron chi connectivity index (χ3n) is 5.01.